The van der Waals surface area contributed by atoms with E-state index in [9.17, 15) is 0 Å². The highest BCUT2D eigenvalue weighted by Gasteiger charge is 2.06. The van der Waals surface area contributed by atoms with Crippen LogP contribution in [0.2, 0.25) is 5.02 Å². The fourth-order valence-electron chi connectivity index (χ4n) is 1.84. The van der Waals surface area contributed by atoms with Gasteiger partial charge >= 0.3 is 0 Å². The SMILES string of the molecule is CC(C=Cc1c(C)cc(C)c(Cl)c1C)=CCBr. The van der Waals surface area contributed by atoms with E-state index in [1.54, 1.807) is 0 Å². The van der Waals surface area contributed by atoms with Crippen LogP contribution in [-0.4, -0.2) is 5.33 Å². The van der Waals surface area contributed by atoms with Gasteiger partial charge < -0.3 is 0 Å². The molecule has 0 spiro atoms. The van der Waals surface area contributed by atoms with E-state index >= 15 is 0 Å². The first-order valence-corrected chi connectivity index (χ1v) is 7.14. The first kappa shape index (κ1) is 14.5. The van der Waals surface area contributed by atoms with E-state index in [-0.39, 0.29) is 0 Å². The number of hydrogen-bond acceptors (Lipinski definition) is 0. The Labute approximate surface area is 118 Å². The summed E-state index contributed by atoms with van der Waals surface area (Å²) in [6.45, 7) is 8.34. The summed E-state index contributed by atoms with van der Waals surface area (Å²) in [4.78, 5) is 0. The number of rotatable bonds is 3. The average molecular weight is 314 g/mol. The molecule has 0 amide bonds. The minimum atomic E-state index is 0.873. The molecule has 0 aliphatic heterocycles. The van der Waals surface area contributed by atoms with Crippen LogP contribution in [0.15, 0.2) is 23.8 Å². The third-order valence-electron chi connectivity index (χ3n) is 2.85. The predicted molar refractivity (Wildman–Crippen MR) is 82.2 cm³/mol. The Morgan fingerprint density at radius 3 is 2.53 bits per heavy atom. The van der Waals surface area contributed by atoms with Gasteiger partial charge in [0.2, 0.25) is 0 Å². The fraction of sp³-hybridized carbons (Fsp3) is 0.333. The molecule has 0 aliphatic carbocycles. The van der Waals surface area contributed by atoms with Crippen LogP contribution in [0.4, 0.5) is 0 Å². The fourth-order valence-corrected chi connectivity index (χ4v) is 2.50. The van der Waals surface area contributed by atoms with Gasteiger partial charge in [-0.05, 0) is 49.9 Å². The zero-order valence-electron chi connectivity index (χ0n) is 10.8. The minimum absolute atomic E-state index is 0.873. The zero-order valence-corrected chi connectivity index (χ0v) is 13.1. The highest BCUT2D eigenvalue weighted by molar-refractivity contribution is 9.09. The van der Waals surface area contributed by atoms with Crippen molar-refractivity contribution >= 4 is 33.6 Å². The van der Waals surface area contributed by atoms with Gasteiger partial charge in [-0.25, -0.2) is 0 Å². The molecule has 0 aromatic heterocycles. The Hall–Kier alpha value is -0.530. The van der Waals surface area contributed by atoms with Gasteiger partial charge in [0.15, 0.2) is 0 Å². The molecule has 2 heteroatoms. The molecule has 92 valence electrons. The van der Waals surface area contributed by atoms with Crippen molar-refractivity contribution in [3.8, 4) is 0 Å². The first-order chi connectivity index (χ1) is 7.97. The van der Waals surface area contributed by atoms with Gasteiger partial charge in [0.05, 0.1) is 0 Å². The van der Waals surface area contributed by atoms with Crippen molar-refractivity contribution in [3.05, 3.63) is 51.1 Å². The first-order valence-electron chi connectivity index (χ1n) is 5.64. The second kappa shape index (κ2) is 6.42. The maximum absolute atomic E-state index is 6.28. The molecule has 17 heavy (non-hydrogen) atoms. The van der Waals surface area contributed by atoms with E-state index in [1.165, 1.54) is 16.7 Å². The Bertz CT molecular complexity index is 470. The molecule has 0 heterocycles. The number of halogens is 2. The normalized spacial score (nSPS) is 12.5. The quantitative estimate of drug-likeness (QED) is 0.502. The maximum atomic E-state index is 6.28. The summed E-state index contributed by atoms with van der Waals surface area (Å²) in [7, 11) is 0. The standard InChI is InChI=1S/C15H18BrCl/c1-10(7-8-16)5-6-14-11(2)9-12(3)15(17)13(14)4/h5-7,9H,8H2,1-4H3. The Kier molecular flexibility index (Phi) is 5.48. The van der Waals surface area contributed by atoms with Crippen molar-refractivity contribution in [3.63, 3.8) is 0 Å². The third kappa shape index (κ3) is 3.72. The Balaban J connectivity index is 3.16. The number of alkyl halides is 1. The summed E-state index contributed by atoms with van der Waals surface area (Å²) >= 11 is 9.67. The van der Waals surface area contributed by atoms with Gasteiger partial charge in [-0.1, -0.05) is 57.4 Å². The van der Waals surface area contributed by atoms with Crippen LogP contribution in [-0.2, 0) is 0 Å². The van der Waals surface area contributed by atoms with Crippen molar-refractivity contribution in [1.29, 1.82) is 0 Å². The summed E-state index contributed by atoms with van der Waals surface area (Å²) in [5.74, 6) is 0. The average Bonchev–Trinajstić information content (AvgIpc) is 2.26. The summed E-state index contributed by atoms with van der Waals surface area (Å²) < 4.78 is 0. The Morgan fingerprint density at radius 2 is 1.94 bits per heavy atom. The molecule has 0 saturated carbocycles. The Morgan fingerprint density at radius 1 is 1.29 bits per heavy atom. The second-order valence-electron chi connectivity index (χ2n) is 4.30. The molecule has 0 fully saturated rings. The summed E-state index contributed by atoms with van der Waals surface area (Å²) in [5.41, 5.74) is 6.05. The van der Waals surface area contributed by atoms with Crippen molar-refractivity contribution in [2.24, 2.45) is 0 Å². The van der Waals surface area contributed by atoms with E-state index in [1.807, 2.05) is 6.92 Å². The topological polar surface area (TPSA) is 0 Å². The molecule has 0 unspecified atom stereocenters. The van der Waals surface area contributed by atoms with E-state index < -0.39 is 0 Å². The van der Waals surface area contributed by atoms with Gasteiger partial charge in [0.1, 0.15) is 0 Å². The summed E-state index contributed by atoms with van der Waals surface area (Å²) in [6.07, 6.45) is 6.41. The molecule has 0 bridgehead atoms. The van der Waals surface area contributed by atoms with E-state index in [0.717, 1.165) is 21.5 Å². The van der Waals surface area contributed by atoms with E-state index in [4.69, 9.17) is 11.6 Å². The second-order valence-corrected chi connectivity index (χ2v) is 5.32. The number of aryl methyl sites for hydroxylation is 2. The predicted octanol–water partition coefficient (Wildman–Crippen LogP) is 5.62. The molecule has 0 saturated heterocycles. The highest BCUT2D eigenvalue weighted by Crippen LogP contribution is 2.27. The molecule has 0 atom stereocenters. The molecule has 0 N–H and O–H groups in total. The summed E-state index contributed by atoms with van der Waals surface area (Å²) in [5, 5.41) is 1.76. The molecular weight excluding hydrogens is 296 g/mol. The lowest BCUT2D eigenvalue weighted by atomic mass is 9.99. The van der Waals surface area contributed by atoms with Gasteiger partial charge in [0.25, 0.3) is 0 Å². The molecule has 0 nitrogen and oxygen atoms in total. The number of allylic oxidation sites excluding steroid dienone is 3. The monoisotopic (exact) mass is 312 g/mol. The molecule has 0 radical (unpaired) electrons. The van der Waals surface area contributed by atoms with Gasteiger partial charge in [0, 0.05) is 10.4 Å². The molecule has 1 rings (SSSR count). The van der Waals surface area contributed by atoms with Crippen molar-refractivity contribution < 1.29 is 0 Å². The van der Waals surface area contributed by atoms with Gasteiger partial charge in [-0.3, -0.25) is 0 Å². The molecular formula is C15H18BrCl. The molecule has 1 aromatic carbocycles. The van der Waals surface area contributed by atoms with Crippen molar-refractivity contribution in [2.45, 2.75) is 27.7 Å². The van der Waals surface area contributed by atoms with Crippen molar-refractivity contribution in [1.82, 2.24) is 0 Å². The lowest BCUT2D eigenvalue weighted by molar-refractivity contribution is 1.30. The van der Waals surface area contributed by atoms with E-state index in [0.29, 0.717) is 0 Å². The smallest absolute Gasteiger partial charge is 0.0470 e. The number of benzene rings is 1. The molecule has 1 aromatic rings. The largest absolute Gasteiger partial charge is 0.0883 e. The summed E-state index contributed by atoms with van der Waals surface area (Å²) in [6, 6.07) is 2.14. The van der Waals surface area contributed by atoms with Crippen LogP contribution < -0.4 is 0 Å². The van der Waals surface area contributed by atoms with Crippen LogP contribution in [0.5, 0.6) is 0 Å². The van der Waals surface area contributed by atoms with Gasteiger partial charge in [-0.15, -0.1) is 0 Å². The zero-order chi connectivity index (χ0) is 13.0. The van der Waals surface area contributed by atoms with Crippen molar-refractivity contribution in [2.75, 3.05) is 5.33 Å². The van der Waals surface area contributed by atoms with Gasteiger partial charge in [-0.2, -0.15) is 0 Å². The lowest BCUT2D eigenvalue weighted by Crippen LogP contribution is -1.91. The number of hydrogen-bond donors (Lipinski definition) is 0. The maximum Gasteiger partial charge on any atom is 0.0470 e. The minimum Gasteiger partial charge on any atom is -0.0883 e. The van der Waals surface area contributed by atoms with Crippen LogP contribution >= 0.6 is 27.5 Å². The third-order valence-corrected chi connectivity index (χ3v) is 3.75. The highest BCUT2D eigenvalue weighted by atomic mass is 79.9. The van der Waals surface area contributed by atoms with Crippen LogP contribution in [0, 0.1) is 20.8 Å². The van der Waals surface area contributed by atoms with Crippen LogP contribution in [0.25, 0.3) is 6.08 Å². The molecule has 0 aliphatic rings. The van der Waals surface area contributed by atoms with E-state index in [2.05, 4.69) is 61.0 Å². The van der Waals surface area contributed by atoms with Crippen LogP contribution in [0.3, 0.4) is 0 Å². The lowest BCUT2D eigenvalue weighted by Gasteiger charge is -2.10. The van der Waals surface area contributed by atoms with Crippen LogP contribution in [0.1, 0.15) is 29.2 Å².